The van der Waals surface area contributed by atoms with Crippen molar-refractivity contribution in [1.82, 2.24) is 0 Å². The van der Waals surface area contributed by atoms with Gasteiger partial charge in [-0.3, -0.25) is 0 Å². The Morgan fingerprint density at radius 2 is 1.63 bits per heavy atom. The van der Waals surface area contributed by atoms with Gasteiger partial charge in [0, 0.05) is 12.5 Å². The minimum atomic E-state index is -6.24. The maximum atomic E-state index is 12.9. The molecule has 1 fully saturated rings. The van der Waals surface area contributed by atoms with Gasteiger partial charge in [-0.25, -0.2) is 8.78 Å². The highest BCUT2D eigenvalue weighted by molar-refractivity contribution is 4.98. The first-order valence-electron chi connectivity index (χ1n) is 5.11. The lowest BCUT2D eigenvalue weighted by Crippen LogP contribution is -2.59. The molecule has 1 rings (SSSR count). The Hall–Kier alpha value is -0.640. The summed E-state index contributed by atoms with van der Waals surface area (Å²) in [5.74, 6) is -18.4. The summed E-state index contributed by atoms with van der Waals surface area (Å²) in [6, 6.07) is 0. The third kappa shape index (κ3) is 2.93. The number of halogens is 8. The first-order valence-corrected chi connectivity index (χ1v) is 5.11. The Labute approximate surface area is 102 Å². The van der Waals surface area contributed by atoms with Crippen molar-refractivity contribution in [3.05, 3.63) is 0 Å². The van der Waals surface area contributed by atoms with Crippen LogP contribution in [0.5, 0.6) is 0 Å². The van der Waals surface area contributed by atoms with Crippen LogP contribution in [0.3, 0.4) is 0 Å². The number of aliphatic hydroxyl groups is 1. The fourth-order valence-corrected chi connectivity index (χ4v) is 1.30. The molecule has 1 aliphatic rings. The molecule has 0 radical (unpaired) electrons. The number of ether oxygens (including phenoxy) is 1. The zero-order valence-corrected chi connectivity index (χ0v) is 9.23. The van der Waals surface area contributed by atoms with E-state index >= 15 is 0 Å². The maximum absolute atomic E-state index is 12.9. The van der Waals surface area contributed by atoms with Gasteiger partial charge >= 0.3 is 24.2 Å². The van der Waals surface area contributed by atoms with Crippen molar-refractivity contribution in [3.8, 4) is 0 Å². The second-order valence-electron chi connectivity index (χ2n) is 4.23. The Bertz CT molecular complexity index is 319. The lowest BCUT2D eigenvalue weighted by Gasteiger charge is -2.32. The molecule has 0 heterocycles. The highest BCUT2D eigenvalue weighted by atomic mass is 19.4. The van der Waals surface area contributed by atoms with Crippen LogP contribution in [0.2, 0.25) is 0 Å². The van der Waals surface area contributed by atoms with Crippen molar-refractivity contribution < 1.29 is 45.0 Å². The van der Waals surface area contributed by atoms with Gasteiger partial charge in [-0.05, 0) is 6.42 Å². The second-order valence-corrected chi connectivity index (χ2v) is 4.23. The van der Waals surface area contributed by atoms with Crippen LogP contribution in [-0.4, -0.2) is 48.6 Å². The first-order chi connectivity index (χ1) is 8.47. The first kappa shape index (κ1) is 16.4. The van der Waals surface area contributed by atoms with Gasteiger partial charge in [0.05, 0.1) is 6.10 Å². The summed E-state index contributed by atoms with van der Waals surface area (Å²) in [6.07, 6.45) is -5.77. The predicted octanol–water partition coefficient (Wildman–Crippen LogP) is 2.55. The molecule has 0 aromatic carbocycles. The summed E-state index contributed by atoms with van der Waals surface area (Å²) in [7, 11) is 0. The molecule has 1 N–H and O–H groups in total. The van der Waals surface area contributed by atoms with E-state index in [4.69, 9.17) is 5.11 Å². The molecule has 2 unspecified atom stereocenters. The summed E-state index contributed by atoms with van der Waals surface area (Å²) in [5, 5.41) is 8.53. The van der Waals surface area contributed by atoms with Crippen molar-refractivity contribution in [2.45, 2.75) is 36.7 Å². The second kappa shape index (κ2) is 5.04. The SMILES string of the molecule is OCC1CC1OCC(F)(F)C(F)(F)C(F)(F)C(F)F. The predicted molar refractivity (Wildman–Crippen MR) is 45.8 cm³/mol. The molecular weight excluding hydrogens is 292 g/mol. The maximum Gasteiger partial charge on any atom is 0.380 e. The van der Waals surface area contributed by atoms with Crippen LogP contribution < -0.4 is 0 Å². The van der Waals surface area contributed by atoms with E-state index in [9.17, 15) is 35.1 Å². The lowest BCUT2D eigenvalue weighted by atomic mass is 10.1. The van der Waals surface area contributed by atoms with E-state index in [1.54, 1.807) is 0 Å². The summed E-state index contributed by atoms with van der Waals surface area (Å²) in [5.41, 5.74) is 0. The number of hydrogen-bond donors (Lipinski definition) is 1. The zero-order chi connectivity index (χ0) is 15.1. The molecule has 0 aliphatic heterocycles. The van der Waals surface area contributed by atoms with Gasteiger partial charge in [-0.2, -0.15) is 26.3 Å². The van der Waals surface area contributed by atoms with Gasteiger partial charge in [0.15, 0.2) is 0 Å². The molecule has 1 saturated carbocycles. The smallest absolute Gasteiger partial charge is 0.380 e. The summed E-state index contributed by atoms with van der Waals surface area (Å²) < 4.78 is 104. The average molecular weight is 302 g/mol. The largest absolute Gasteiger partial charge is 0.396 e. The topological polar surface area (TPSA) is 29.5 Å². The molecule has 1 aliphatic carbocycles. The van der Waals surface area contributed by atoms with Crippen LogP contribution in [0.1, 0.15) is 6.42 Å². The van der Waals surface area contributed by atoms with Crippen molar-refractivity contribution in [2.75, 3.05) is 13.2 Å². The van der Waals surface area contributed by atoms with Gasteiger partial charge in [0.2, 0.25) is 0 Å². The van der Waals surface area contributed by atoms with Gasteiger partial charge in [-0.1, -0.05) is 0 Å². The molecule has 0 spiro atoms. The quantitative estimate of drug-likeness (QED) is 0.732. The summed E-state index contributed by atoms with van der Waals surface area (Å²) in [6.45, 7) is -2.55. The standard InChI is InChI=1S/C9H10F8O2/c10-6(11)8(14,15)9(16,17)7(12,13)3-19-5-1-4(5)2-18/h4-6,18H,1-3H2. The number of aliphatic hydroxyl groups excluding tert-OH is 1. The fraction of sp³-hybridized carbons (Fsp3) is 1.00. The van der Waals surface area contributed by atoms with Crippen molar-refractivity contribution in [3.63, 3.8) is 0 Å². The number of rotatable bonds is 7. The van der Waals surface area contributed by atoms with E-state index in [1.165, 1.54) is 0 Å². The Balaban J connectivity index is 2.69. The molecule has 114 valence electrons. The van der Waals surface area contributed by atoms with E-state index in [1.807, 2.05) is 0 Å². The highest BCUT2D eigenvalue weighted by Gasteiger charge is 2.75. The minimum absolute atomic E-state index is 0.114. The average Bonchev–Trinajstić information content (AvgIpc) is 3.04. The van der Waals surface area contributed by atoms with Gasteiger partial charge in [0.25, 0.3) is 0 Å². The van der Waals surface area contributed by atoms with Crippen LogP contribution in [0.25, 0.3) is 0 Å². The highest BCUT2D eigenvalue weighted by Crippen LogP contribution is 2.49. The Kier molecular flexibility index (Phi) is 4.35. The fourth-order valence-electron chi connectivity index (χ4n) is 1.30. The molecule has 0 bridgehead atoms. The van der Waals surface area contributed by atoms with E-state index in [2.05, 4.69) is 4.74 Å². The molecule has 2 nitrogen and oxygen atoms in total. The third-order valence-electron chi connectivity index (χ3n) is 2.72. The van der Waals surface area contributed by atoms with E-state index < -0.39 is 49.4 Å². The molecule has 10 heteroatoms. The van der Waals surface area contributed by atoms with Crippen LogP contribution in [-0.2, 0) is 4.74 Å². The molecule has 0 aromatic heterocycles. The normalized spacial score (nSPS) is 24.9. The molecule has 0 amide bonds. The van der Waals surface area contributed by atoms with Crippen molar-refractivity contribution in [1.29, 1.82) is 0 Å². The zero-order valence-electron chi connectivity index (χ0n) is 9.23. The van der Waals surface area contributed by atoms with E-state index in [0.29, 0.717) is 0 Å². The van der Waals surface area contributed by atoms with Gasteiger partial charge in [0.1, 0.15) is 6.61 Å². The summed E-state index contributed by atoms with van der Waals surface area (Å²) >= 11 is 0. The van der Waals surface area contributed by atoms with Crippen molar-refractivity contribution in [2.24, 2.45) is 5.92 Å². The van der Waals surface area contributed by atoms with Crippen LogP contribution in [0.4, 0.5) is 35.1 Å². The van der Waals surface area contributed by atoms with Crippen LogP contribution in [0.15, 0.2) is 0 Å². The summed E-state index contributed by atoms with van der Waals surface area (Å²) in [4.78, 5) is 0. The molecule has 19 heavy (non-hydrogen) atoms. The minimum Gasteiger partial charge on any atom is -0.396 e. The van der Waals surface area contributed by atoms with E-state index in [0.717, 1.165) is 0 Å². The monoisotopic (exact) mass is 302 g/mol. The van der Waals surface area contributed by atoms with Gasteiger partial charge < -0.3 is 9.84 Å². The molecule has 0 saturated heterocycles. The van der Waals surface area contributed by atoms with E-state index in [-0.39, 0.29) is 6.42 Å². The van der Waals surface area contributed by atoms with Crippen molar-refractivity contribution >= 4 is 0 Å². The molecular formula is C9H10F8O2. The van der Waals surface area contributed by atoms with Gasteiger partial charge in [-0.15, -0.1) is 0 Å². The lowest BCUT2D eigenvalue weighted by molar-refractivity contribution is -0.346. The third-order valence-corrected chi connectivity index (χ3v) is 2.72. The Morgan fingerprint density at radius 1 is 1.11 bits per heavy atom. The molecule has 0 aromatic rings. The Morgan fingerprint density at radius 3 is 2.00 bits per heavy atom. The van der Waals surface area contributed by atoms with Crippen LogP contribution in [0, 0.1) is 5.92 Å². The number of alkyl halides is 8. The number of hydrogen-bond acceptors (Lipinski definition) is 2. The van der Waals surface area contributed by atoms with Crippen LogP contribution >= 0.6 is 0 Å². The molecule has 2 atom stereocenters.